The lowest BCUT2D eigenvalue weighted by atomic mass is 9.95. The molecule has 1 fully saturated rings. The molecule has 1 aromatic carbocycles. The van der Waals surface area contributed by atoms with Crippen LogP contribution < -0.4 is 5.73 Å². The number of nitrogens with zero attached hydrogens (tertiary/aromatic N) is 3. The van der Waals surface area contributed by atoms with Crippen molar-refractivity contribution in [2.45, 2.75) is 18.9 Å². The minimum atomic E-state index is -0.0346. The number of nitrogens with two attached hydrogens (primary N) is 1. The smallest absolute Gasteiger partial charge is 0.274 e. The first-order chi connectivity index (χ1) is 10.1. The van der Waals surface area contributed by atoms with Crippen LogP contribution in [0.4, 0.5) is 0 Å². The van der Waals surface area contributed by atoms with Crippen molar-refractivity contribution in [2.24, 2.45) is 12.8 Å². The molecule has 0 spiro atoms. The molecule has 118 valence electrons. The summed E-state index contributed by atoms with van der Waals surface area (Å²) in [7, 11) is 1.84. The topological polar surface area (TPSA) is 64.2 Å². The zero-order valence-electron chi connectivity index (χ0n) is 12.8. The van der Waals surface area contributed by atoms with Gasteiger partial charge in [0, 0.05) is 37.8 Å². The molecule has 0 radical (unpaired) electrons. The maximum Gasteiger partial charge on any atom is 0.274 e. The number of aryl methyl sites for hydroxylation is 2. The summed E-state index contributed by atoms with van der Waals surface area (Å²) in [6.07, 6.45) is 0. The third-order valence-corrected chi connectivity index (χ3v) is 4.21. The molecule has 1 saturated heterocycles. The highest BCUT2D eigenvalue weighted by Crippen LogP contribution is 2.27. The molecule has 1 aliphatic rings. The van der Waals surface area contributed by atoms with Crippen molar-refractivity contribution in [1.29, 1.82) is 0 Å². The molecule has 1 aliphatic heterocycles. The maximum absolute atomic E-state index is 12.5. The molecule has 2 heterocycles. The summed E-state index contributed by atoms with van der Waals surface area (Å²) in [6, 6.07) is 11.9. The van der Waals surface area contributed by atoms with Gasteiger partial charge in [-0.05, 0) is 18.6 Å². The lowest BCUT2D eigenvalue weighted by Gasteiger charge is -2.15. The Kier molecular flexibility index (Phi) is 4.88. The van der Waals surface area contributed by atoms with Crippen LogP contribution in [0.5, 0.6) is 0 Å². The van der Waals surface area contributed by atoms with Crippen molar-refractivity contribution in [3.63, 3.8) is 0 Å². The zero-order chi connectivity index (χ0) is 15.0. The third kappa shape index (κ3) is 3.00. The van der Waals surface area contributed by atoms with Gasteiger partial charge < -0.3 is 10.6 Å². The number of aromatic nitrogens is 2. The Morgan fingerprint density at radius 2 is 1.95 bits per heavy atom. The number of benzene rings is 1. The molecular formula is C16H21ClN4O. The third-order valence-electron chi connectivity index (χ3n) is 4.21. The Balaban J connectivity index is 0.00000176. The molecule has 0 saturated carbocycles. The van der Waals surface area contributed by atoms with Crippen LogP contribution in [-0.4, -0.2) is 39.7 Å². The van der Waals surface area contributed by atoms with E-state index in [1.54, 1.807) is 4.68 Å². The molecule has 22 heavy (non-hydrogen) atoms. The lowest BCUT2D eigenvalue weighted by Crippen LogP contribution is -2.32. The number of hydrogen-bond donors (Lipinski definition) is 1. The van der Waals surface area contributed by atoms with Crippen LogP contribution in [0.15, 0.2) is 36.4 Å². The van der Waals surface area contributed by atoms with Crippen LogP contribution in [0.1, 0.15) is 27.7 Å². The Labute approximate surface area is 136 Å². The van der Waals surface area contributed by atoms with Gasteiger partial charge in [-0.25, -0.2) is 0 Å². The predicted octanol–water partition coefficient (Wildman–Crippen LogP) is 1.72. The molecule has 0 bridgehead atoms. The summed E-state index contributed by atoms with van der Waals surface area (Å²) in [4.78, 5) is 14.3. The predicted molar refractivity (Wildman–Crippen MR) is 88.3 cm³/mol. The molecule has 0 unspecified atom stereocenters. The molecule has 6 heteroatoms. The van der Waals surface area contributed by atoms with Crippen LogP contribution in [0, 0.1) is 6.92 Å². The summed E-state index contributed by atoms with van der Waals surface area (Å²) in [5.41, 5.74) is 8.89. The normalized spacial score (nSPS) is 20.8. The number of carbonyl (C=O) groups is 1. The Hall–Kier alpha value is -1.85. The minimum absolute atomic E-state index is 0. The highest BCUT2D eigenvalue weighted by Gasteiger charge is 2.34. The SMILES string of the molecule is Cc1cc(C(=O)N2C[C@@H](N)[C@H](c3ccccc3)C2)nn1C.Cl. The number of likely N-dealkylation sites (tertiary alicyclic amines) is 1. The molecule has 1 aromatic heterocycles. The number of carbonyl (C=O) groups excluding carboxylic acids is 1. The van der Waals surface area contributed by atoms with E-state index in [-0.39, 0.29) is 30.3 Å². The van der Waals surface area contributed by atoms with E-state index < -0.39 is 0 Å². The monoisotopic (exact) mass is 320 g/mol. The van der Waals surface area contributed by atoms with E-state index in [0.29, 0.717) is 18.8 Å². The van der Waals surface area contributed by atoms with E-state index in [1.807, 2.05) is 43.1 Å². The van der Waals surface area contributed by atoms with Gasteiger partial charge in [0.15, 0.2) is 5.69 Å². The molecular weight excluding hydrogens is 300 g/mol. The Morgan fingerprint density at radius 1 is 1.27 bits per heavy atom. The van der Waals surface area contributed by atoms with Gasteiger partial charge in [0.05, 0.1) is 0 Å². The fraction of sp³-hybridized carbons (Fsp3) is 0.375. The lowest BCUT2D eigenvalue weighted by molar-refractivity contribution is 0.0782. The van der Waals surface area contributed by atoms with Crippen LogP contribution in [-0.2, 0) is 7.05 Å². The average molecular weight is 321 g/mol. The number of hydrogen-bond acceptors (Lipinski definition) is 3. The van der Waals surface area contributed by atoms with Crippen molar-refractivity contribution < 1.29 is 4.79 Å². The number of halogens is 1. The largest absolute Gasteiger partial charge is 0.335 e. The highest BCUT2D eigenvalue weighted by molar-refractivity contribution is 5.92. The Bertz CT molecular complexity index is 636. The summed E-state index contributed by atoms with van der Waals surface area (Å²) >= 11 is 0. The van der Waals surface area contributed by atoms with Crippen LogP contribution in [0.25, 0.3) is 0 Å². The van der Waals surface area contributed by atoms with Crippen molar-refractivity contribution in [2.75, 3.05) is 13.1 Å². The van der Waals surface area contributed by atoms with Gasteiger partial charge >= 0.3 is 0 Å². The molecule has 2 atom stereocenters. The second-order valence-corrected chi connectivity index (χ2v) is 5.69. The second-order valence-electron chi connectivity index (χ2n) is 5.69. The molecule has 3 rings (SSSR count). The summed E-state index contributed by atoms with van der Waals surface area (Å²) in [5, 5.41) is 4.26. The Morgan fingerprint density at radius 3 is 2.55 bits per heavy atom. The fourth-order valence-electron chi connectivity index (χ4n) is 2.87. The minimum Gasteiger partial charge on any atom is -0.335 e. The first kappa shape index (κ1) is 16.5. The van der Waals surface area contributed by atoms with E-state index in [1.165, 1.54) is 5.56 Å². The highest BCUT2D eigenvalue weighted by atomic mass is 35.5. The quantitative estimate of drug-likeness (QED) is 0.916. The summed E-state index contributed by atoms with van der Waals surface area (Å²) in [6.45, 7) is 3.17. The number of rotatable bonds is 2. The van der Waals surface area contributed by atoms with Crippen molar-refractivity contribution in [3.8, 4) is 0 Å². The van der Waals surface area contributed by atoms with Crippen molar-refractivity contribution in [1.82, 2.24) is 14.7 Å². The fourth-order valence-corrected chi connectivity index (χ4v) is 2.87. The van der Waals surface area contributed by atoms with Crippen molar-refractivity contribution >= 4 is 18.3 Å². The van der Waals surface area contributed by atoms with E-state index in [0.717, 1.165) is 5.69 Å². The van der Waals surface area contributed by atoms with Gasteiger partial charge in [-0.1, -0.05) is 30.3 Å². The van der Waals surface area contributed by atoms with Crippen molar-refractivity contribution in [3.05, 3.63) is 53.3 Å². The van der Waals surface area contributed by atoms with E-state index in [4.69, 9.17) is 5.73 Å². The molecule has 0 aliphatic carbocycles. The molecule has 2 N–H and O–H groups in total. The van der Waals surface area contributed by atoms with Gasteiger partial charge in [-0.15, -0.1) is 12.4 Å². The molecule has 2 aromatic rings. The van der Waals surface area contributed by atoms with E-state index in [9.17, 15) is 4.79 Å². The van der Waals surface area contributed by atoms with Gasteiger partial charge in [-0.2, -0.15) is 5.10 Å². The van der Waals surface area contributed by atoms with Gasteiger partial charge in [0.1, 0.15) is 0 Å². The number of amides is 1. The standard InChI is InChI=1S/C16H20N4O.ClH/c1-11-8-15(18-19(11)2)16(21)20-9-13(14(17)10-20)12-6-4-3-5-7-12;/h3-8,13-14H,9-10,17H2,1-2H3;1H/t13-,14+;/m0./s1. The summed E-state index contributed by atoms with van der Waals surface area (Å²) < 4.78 is 1.72. The second kappa shape index (κ2) is 6.50. The average Bonchev–Trinajstić information content (AvgIpc) is 3.03. The molecule has 1 amide bonds. The van der Waals surface area contributed by atoms with Gasteiger partial charge in [-0.3, -0.25) is 9.48 Å². The van der Waals surface area contributed by atoms with Crippen LogP contribution >= 0.6 is 12.4 Å². The maximum atomic E-state index is 12.5. The zero-order valence-corrected chi connectivity index (χ0v) is 13.6. The van der Waals surface area contributed by atoms with Crippen LogP contribution in [0.3, 0.4) is 0 Å². The first-order valence-corrected chi connectivity index (χ1v) is 7.16. The van der Waals surface area contributed by atoms with Gasteiger partial charge in [0.2, 0.25) is 0 Å². The molecule has 5 nitrogen and oxygen atoms in total. The first-order valence-electron chi connectivity index (χ1n) is 7.16. The van der Waals surface area contributed by atoms with Gasteiger partial charge in [0.25, 0.3) is 5.91 Å². The van der Waals surface area contributed by atoms with E-state index >= 15 is 0 Å². The van der Waals surface area contributed by atoms with Crippen LogP contribution in [0.2, 0.25) is 0 Å². The van der Waals surface area contributed by atoms with E-state index in [2.05, 4.69) is 17.2 Å². The summed E-state index contributed by atoms with van der Waals surface area (Å²) in [5.74, 6) is 0.160.